The van der Waals surface area contributed by atoms with Crippen molar-refractivity contribution in [3.8, 4) is 11.5 Å². The zero-order valence-electron chi connectivity index (χ0n) is 19.8. The Kier molecular flexibility index (Phi) is 6.12. The minimum absolute atomic E-state index is 0.303. The molecular formula is C28H25F3N2O3. The van der Waals surface area contributed by atoms with Crippen LogP contribution in [0.4, 0.5) is 13.2 Å². The van der Waals surface area contributed by atoms with Crippen molar-refractivity contribution in [2.45, 2.75) is 31.7 Å². The smallest absolute Gasteiger partial charge is 0.416 e. The average Bonchev–Trinajstić information content (AvgIpc) is 3.25. The lowest BCUT2D eigenvalue weighted by molar-refractivity contribution is -0.140. The van der Waals surface area contributed by atoms with Crippen molar-refractivity contribution in [3.63, 3.8) is 0 Å². The highest BCUT2D eigenvalue weighted by Crippen LogP contribution is 2.41. The first kappa shape index (κ1) is 23.8. The summed E-state index contributed by atoms with van der Waals surface area (Å²) in [4.78, 5) is 18.6. The van der Waals surface area contributed by atoms with Crippen LogP contribution in [0.5, 0.6) is 11.5 Å². The Morgan fingerprint density at radius 3 is 2.53 bits per heavy atom. The number of carbonyl (C=O) groups is 1. The van der Waals surface area contributed by atoms with E-state index < -0.39 is 23.9 Å². The molecule has 0 fully saturated rings. The van der Waals surface area contributed by atoms with Crippen molar-refractivity contribution in [1.82, 2.24) is 9.88 Å². The summed E-state index contributed by atoms with van der Waals surface area (Å²) < 4.78 is 52.0. The molecule has 0 spiro atoms. The number of aromatic amines is 1. The van der Waals surface area contributed by atoms with Gasteiger partial charge in [0.2, 0.25) is 0 Å². The second-order valence-corrected chi connectivity index (χ2v) is 8.81. The van der Waals surface area contributed by atoms with Gasteiger partial charge in [0, 0.05) is 23.1 Å². The second-order valence-electron chi connectivity index (χ2n) is 8.81. The maximum Gasteiger partial charge on any atom is 0.416 e. The first-order valence-electron chi connectivity index (χ1n) is 11.6. The summed E-state index contributed by atoms with van der Waals surface area (Å²) in [5.74, 6) is 0.927. The molecule has 0 radical (unpaired) electrons. The molecule has 1 aliphatic rings. The van der Waals surface area contributed by atoms with Gasteiger partial charge in [-0.3, -0.25) is 4.79 Å². The largest absolute Gasteiger partial charge is 0.497 e. The number of alkyl halides is 3. The van der Waals surface area contributed by atoms with Crippen LogP contribution in [0.3, 0.4) is 0 Å². The van der Waals surface area contributed by atoms with Crippen LogP contribution < -0.4 is 9.47 Å². The van der Waals surface area contributed by atoms with Crippen molar-refractivity contribution < 1.29 is 27.4 Å². The van der Waals surface area contributed by atoms with Crippen LogP contribution >= 0.6 is 0 Å². The third-order valence-corrected chi connectivity index (χ3v) is 6.55. The average molecular weight is 495 g/mol. The number of benzene rings is 3. The standard InChI is InChI=1S/C28H25F3N2O3/c1-17(36-20-9-4-3-5-10-20)27(34)33-14-13-22-23-16-21(35-2)11-12-24(23)32-25(22)26(33)18-7-6-8-19(15-18)28(29,30)31/h3-12,15-17,26,32H,13-14H2,1-2H3/t17-,26+/m1/s1. The molecule has 1 amide bonds. The summed E-state index contributed by atoms with van der Waals surface area (Å²) in [6.07, 6.45) is -4.78. The molecule has 2 heterocycles. The van der Waals surface area contributed by atoms with Gasteiger partial charge in [0.15, 0.2) is 6.10 Å². The Bertz CT molecular complexity index is 1400. The van der Waals surface area contributed by atoms with Gasteiger partial charge in [0.1, 0.15) is 11.5 Å². The molecule has 8 heteroatoms. The van der Waals surface area contributed by atoms with Crippen LogP contribution in [0.1, 0.15) is 35.3 Å². The zero-order valence-corrected chi connectivity index (χ0v) is 19.8. The highest BCUT2D eigenvalue weighted by molar-refractivity contribution is 5.88. The fourth-order valence-corrected chi connectivity index (χ4v) is 4.85. The number of methoxy groups -OCH3 is 1. The number of halogens is 3. The molecule has 1 N–H and O–H groups in total. The molecule has 4 aromatic rings. The van der Waals surface area contributed by atoms with E-state index in [9.17, 15) is 18.0 Å². The number of hydrogen-bond acceptors (Lipinski definition) is 3. The number of hydrogen-bond donors (Lipinski definition) is 1. The van der Waals surface area contributed by atoms with Crippen LogP contribution in [-0.4, -0.2) is 35.5 Å². The minimum Gasteiger partial charge on any atom is -0.497 e. The first-order valence-corrected chi connectivity index (χ1v) is 11.6. The highest BCUT2D eigenvalue weighted by atomic mass is 19.4. The van der Waals surface area contributed by atoms with Gasteiger partial charge in [0.05, 0.1) is 18.7 Å². The monoisotopic (exact) mass is 494 g/mol. The summed E-state index contributed by atoms with van der Waals surface area (Å²) in [6.45, 7) is 1.99. The number of ether oxygens (including phenoxy) is 2. The van der Waals surface area contributed by atoms with Gasteiger partial charge < -0.3 is 19.4 Å². The number of H-pyrrole nitrogens is 1. The normalized spacial score (nSPS) is 16.5. The number of para-hydroxylation sites is 1. The van der Waals surface area contributed by atoms with Gasteiger partial charge in [-0.05, 0) is 66.9 Å². The van der Waals surface area contributed by atoms with E-state index in [4.69, 9.17) is 9.47 Å². The Morgan fingerprint density at radius 1 is 1.03 bits per heavy atom. The lowest BCUT2D eigenvalue weighted by Crippen LogP contribution is -2.46. The lowest BCUT2D eigenvalue weighted by Gasteiger charge is -2.37. The van der Waals surface area contributed by atoms with Crippen molar-refractivity contribution in [3.05, 3.63) is 95.2 Å². The maximum atomic E-state index is 13.6. The fraction of sp³-hybridized carbons (Fsp3) is 0.250. The van der Waals surface area contributed by atoms with Gasteiger partial charge >= 0.3 is 6.18 Å². The van der Waals surface area contributed by atoms with Crippen LogP contribution in [0.2, 0.25) is 0 Å². The number of aromatic nitrogens is 1. The van der Waals surface area contributed by atoms with E-state index in [1.54, 1.807) is 37.1 Å². The molecule has 1 aliphatic heterocycles. The predicted molar refractivity (Wildman–Crippen MR) is 130 cm³/mol. The van der Waals surface area contributed by atoms with E-state index in [1.165, 1.54) is 6.07 Å². The third-order valence-electron chi connectivity index (χ3n) is 6.55. The molecular weight excluding hydrogens is 469 g/mol. The fourth-order valence-electron chi connectivity index (χ4n) is 4.85. The van der Waals surface area contributed by atoms with Crippen LogP contribution in [0, 0.1) is 0 Å². The quantitative estimate of drug-likeness (QED) is 0.363. The second kappa shape index (κ2) is 9.26. The van der Waals surface area contributed by atoms with Crippen molar-refractivity contribution >= 4 is 16.8 Å². The molecule has 186 valence electrons. The summed E-state index contributed by atoms with van der Waals surface area (Å²) in [7, 11) is 1.58. The van der Waals surface area contributed by atoms with Gasteiger partial charge in [0.25, 0.3) is 5.91 Å². The molecule has 0 aliphatic carbocycles. The van der Waals surface area contributed by atoms with E-state index in [1.807, 2.05) is 36.4 Å². The van der Waals surface area contributed by atoms with Crippen LogP contribution in [-0.2, 0) is 17.4 Å². The number of rotatable bonds is 5. The van der Waals surface area contributed by atoms with Crippen molar-refractivity contribution in [2.24, 2.45) is 0 Å². The molecule has 2 atom stereocenters. The molecule has 0 saturated heterocycles. The molecule has 3 aromatic carbocycles. The molecule has 36 heavy (non-hydrogen) atoms. The topological polar surface area (TPSA) is 54.6 Å². The number of nitrogens with one attached hydrogen (secondary N) is 1. The van der Waals surface area contributed by atoms with E-state index in [2.05, 4.69) is 4.98 Å². The summed E-state index contributed by atoms with van der Waals surface area (Å²) in [5.41, 5.74) is 2.12. The summed E-state index contributed by atoms with van der Waals surface area (Å²) in [5, 5.41) is 0.932. The molecule has 0 unspecified atom stereocenters. The SMILES string of the molecule is COc1ccc2[nH]c3c(c2c1)CCN(C(=O)[C@@H](C)Oc1ccccc1)[C@H]3c1cccc(C(F)(F)F)c1. The lowest BCUT2D eigenvalue weighted by atomic mass is 9.91. The third kappa shape index (κ3) is 4.39. The Balaban J connectivity index is 1.59. The van der Waals surface area contributed by atoms with Crippen molar-refractivity contribution in [1.29, 1.82) is 0 Å². The molecule has 0 bridgehead atoms. The van der Waals surface area contributed by atoms with Crippen molar-refractivity contribution in [2.75, 3.05) is 13.7 Å². The number of amides is 1. The van der Waals surface area contributed by atoms with E-state index >= 15 is 0 Å². The van der Waals surface area contributed by atoms with Crippen LogP contribution in [0.25, 0.3) is 10.9 Å². The first-order chi connectivity index (χ1) is 17.3. The molecule has 0 saturated carbocycles. The van der Waals surface area contributed by atoms with Gasteiger partial charge in [-0.25, -0.2) is 0 Å². The molecule has 5 rings (SSSR count). The molecule has 5 nitrogen and oxygen atoms in total. The van der Waals surface area contributed by atoms with E-state index in [-0.39, 0.29) is 5.91 Å². The van der Waals surface area contributed by atoms with E-state index in [0.29, 0.717) is 35.7 Å². The van der Waals surface area contributed by atoms with E-state index in [0.717, 1.165) is 28.6 Å². The summed E-state index contributed by atoms with van der Waals surface area (Å²) in [6, 6.07) is 19.0. The number of fused-ring (bicyclic) bond motifs is 3. The zero-order chi connectivity index (χ0) is 25.4. The predicted octanol–water partition coefficient (Wildman–Crippen LogP) is 6.14. The Morgan fingerprint density at radius 2 is 1.81 bits per heavy atom. The van der Waals surface area contributed by atoms with Crippen LogP contribution in [0.15, 0.2) is 72.8 Å². The van der Waals surface area contributed by atoms with Gasteiger partial charge in [-0.2, -0.15) is 13.2 Å². The number of nitrogens with zero attached hydrogens (tertiary/aromatic N) is 1. The minimum atomic E-state index is -4.50. The Labute approximate surface area is 206 Å². The highest BCUT2D eigenvalue weighted by Gasteiger charge is 2.38. The van der Waals surface area contributed by atoms with Gasteiger partial charge in [-0.1, -0.05) is 30.3 Å². The Hall–Kier alpha value is -3.94. The summed E-state index contributed by atoms with van der Waals surface area (Å²) >= 11 is 0. The molecule has 1 aromatic heterocycles. The van der Waals surface area contributed by atoms with Gasteiger partial charge in [-0.15, -0.1) is 0 Å². The maximum absolute atomic E-state index is 13.6. The number of carbonyl (C=O) groups excluding carboxylic acids is 1.